The molecule has 94 valence electrons. The molecule has 17 heavy (non-hydrogen) atoms. The molecule has 0 saturated carbocycles. The highest BCUT2D eigenvalue weighted by Crippen LogP contribution is 2.33. The van der Waals surface area contributed by atoms with Crippen LogP contribution >= 0.6 is 11.6 Å². The maximum Gasteiger partial charge on any atom is 0.124 e. The lowest BCUT2D eigenvalue weighted by Gasteiger charge is -2.36. The molecule has 0 radical (unpaired) electrons. The van der Waals surface area contributed by atoms with Crippen LogP contribution in [0, 0.1) is 11.2 Å². The van der Waals surface area contributed by atoms with E-state index < -0.39 is 0 Å². The third-order valence-corrected chi connectivity index (χ3v) is 3.77. The molecule has 2 rings (SSSR count). The third kappa shape index (κ3) is 2.97. The van der Waals surface area contributed by atoms with Crippen LogP contribution in [0.3, 0.4) is 0 Å². The second kappa shape index (κ2) is 5.34. The molecule has 4 heteroatoms. The monoisotopic (exact) mass is 257 g/mol. The summed E-state index contributed by atoms with van der Waals surface area (Å²) in [4.78, 5) is 0. The fraction of sp³-hybridized carbons (Fsp3) is 0.538. The van der Waals surface area contributed by atoms with E-state index in [1.54, 1.807) is 6.07 Å². The van der Waals surface area contributed by atoms with Gasteiger partial charge in [-0.1, -0.05) is 17.7 Å². The number of rotatable bonds is 3. The zero-order chi connectivity index (χ0) is 12.3. The minimum atomic E-state index is -0.305. The highest BCUT2D eigenvalue weighted by atomic mass is 35.5. The highest BCUT2D eigenvalue weighted by molar-refractivity contribution is 6.31. The van der Waals surface area contributed by atoms with Gasteiger partial charge < -0.3 is 10.5 Å². The number of halogens is 2. The number of hydrogen-bond donors (Lipinski definition) is 1. The van der Waals surface area contributed by atoms with Crippen LogP contribution in [0.15, 0.2) is 18.2 Å². The van der Waals surface area contributed by atoms with Crippen molar-refractivity contribution in [1.29, 1.82) is 0 Å². The summed E-state index contributed by atoms with van der Waals surface area (Å²) in [6.07, 6.45) is 2.82. The lowest BCUT2D eigenvalue weighted by molar-refractivity contribution is -0.00263. The molecule has 0 aromatic heterocycles. The summed E-state index contributed by atoms with van der Waals surface area (Å²) < 4.78 is 18.5. The second-order valence-electron chi connectivity index (χ2n) is 4.77. The van der Waals surface area contributed by atoms with E-state index in [-0.39, 0.29) is 11.2 Å². The molecular weight excluding hydrogens is 241 g/mol. The zero-order valence-corrected chi connectivity index (χ0v) is 10.5. The summed E-state index contributed by atoms with van der Waals surface area (Å²) in [7, 11) is 0. The van der Waals surface area contributed by atoms with Crippen LogP contribution < -0.4 is 5.73 Å². The molecule has 1 atom stereocenters. The third-order valence-electron chi connectivity index (χ3n) is 3.42. The van der Waals surface area contributed by atoms with Gasteiger partial charge in [0.25, 0.3) is 0 Å². The van der Waals surface area contributed by atoms with E-state index >= 15 is 0 Å². The highest BCUT2D eigenvalue weighted by Gasteiger charge is 2.32. The summed E-state index contributed by atoms with van der Waals surface area (Å²) in [5, 5.41) is 0.475. The Hall–Kier alpha value is -0.640. The lowest BCUT2D eigenvalue weighted by Crippen LogP contribution is -2.40. The Morgan fingerprint density at radius 3 is 2.88 bits per heavy atom. The van der Waals surface area contributed by atoms with Crippen LogP contribution in [0.1, 0.15) is 18.4 Å². The molecule has 0 spiro atoms. The van der Waals surface area contributed by atoms with Crippen molar-refractivity contribution in [2.24, 2.45) is 11.1 Å². The topological polar surface area (TPSA) is 35.2 Å². The van der Waals surface area contributed by atoms with Crippen LogP contribution in [-0.4, -0.2) is 19.8 Å². The van der Waals surface area contributed by atoms with E-state index in [1.807, 2.05) is 0 Å². The van der Waals surface area contributed by atoms with E-state index in [2.05, 4.69) is 0 Å². The Bertz CT molecular complexity index is 391. The predicted octanol–water partition coefficient (Wildman–Crippen LogP) is 2.78. The van der Waals surface area contributed by atoms with Crippen molar-refractivity contribution in [3.05, 3.63) is 34.6 Å². The van der Waals surface area contributed by atoms with Gasteiger partial charge in [0.05, 0.1) is 6.61 Å². The molecule has 1 unspecified atom stereocenters. The van der Waals surface area contributed by atoms with Crippen molar-refractivity contribution < 1.29 is 9.13 Å². The first kappa shape index (κ1) is 12.8. The van der Waals surface area contributed by atoms with Crippen molar-refractivity contribution in [2.45, 2.75) is 19.3 Å². The Labute approximate surface area is 106 Å². The van der Waals surface area contributed by atoms with Crippen molar-refractivity contribution in [3.8, 4) is 0 Å². The SMILES string of the molecule is NCC1(Cc2ccc(F)cc2Cl)CCCOC1. The van der Waals surface area contributed by atoms with Crippen LogP contribution in [0.25, 0.3) is 0 Å². The van der Waals surface area contributed by atoms with Gasteiger partial charge in [-0.05, 0) is 37.0 Å². The molecule has 1 aliphatic heterocycles. The predicted molar refractivity (Wildman–Crippen MR) is 66.7 cm³/mol. The summed E-state index contributed by atoms with van der Waals surface area (Å²) in [5.74, 6) is -0.305. The number of ether oxygens (including phenoxy) is 1. The maximum absolute atomic E-state index is 13.0. The smallest absolute Gasteiger partial charge is 0.124 e. The summed E-state index contributed by atoms with van der Waals surface area (Å²) in [6.45, 7) is 2.04. The van der Waals surface area contributed by atoms with Gasteiger partial charge in [0.15, 0.2) is 0 Å². The first-order valence-electron chi connectivity index (χ1n) is 5.87. The second-order valence-corrected chi connectivity index (χ2v) is 5.18. The van der Waals surface area contributed by atoms with E-state index in [0.29, 0.717) is 18.2 Å². The van der Waals surface area contributed by atoms with E-state index in [0.717, 1.165) is 31.4 Å². The molecule has 0 bridgehead atoms. The average Bonchev–Trinajstić information content (AvgIpc) is 2.34. The minimum Gasteiger partial charge on any atom is -0.381 e. The van der Waals surface area contributed by atoms with E-state index in [9.17, 15) is 4.39 Å². The number of benzene rings is 1. The molecule has 1 aliphatic rings. The first-order valence-corrected chi connectivity index (χ1v) is 6.25. The molecular formula is C13H17ClFNO. The Balaban J connectivity index is 2.17. The zero-order valence-electron chi connectivity index (χ0n) is 9.72. The number of nitrogens with two attached hydrogens (primary N) is 1. The summed E-state index contributed by atoms with van der Waals surface area (Å²) in [5.41, 5.74) is 6.78. The van der Waals surface area contributed by atoms with E-state index in [1.165, 1.54) is 12.1 Å². The molecule has 1 aromatic rings. The molecule has 1 aromatic carbocycles. The molecule has 1 heterocycles. The van der Waals surface area contributed by atoms with Crippen molar-refractivity contribution in [1.82, 2.24) is 0 Å². The molecule has 2 N–H and O–H groups in total. The van der Waals surface area contributed by atoms with Gasteiger partial charge in [-0.25, -0.2) is 4.39 Å². The maximum atomic E-state index is 13.0. The van der Waals surface area contributed by atoms with Crippen molar-refractivity contribution in [2.75, 3.05) is 19.8 Å². The average molecular weight is 258 g/mol. The largest absolute Gasteiger partial charge is 0.381 e. The van der Waals surface area contributed by atoms with Gasteiger partial charge in [-0.3, -0.25) is 0 Å². The Kier molecular flexibility index (Phi) is 4.02. The number of hydrogen-bond acceptors (Lipinski definition) is 2. The van der Waals surface area contributed by atoms with Gasteiger partial charge >= 0.3 is 0 Å². The van der Waals surface area contributed by atoms with E-state index in [4.69, 9.17) is 22.1 Å². The Morgan fingerprint density at radius 2 is 2.29 bits per heavy atom. The molecule has 0 amide bonds. The fourth-order valence-corrected chi connectivity index (χ4v) is 2.59. The quantitative estimate of drug-likeness (QED) is 0.904. The summed E-state index contributed by atoms with van der Waals surface area (Å²) >= 11 is 6.05. The Morgan fingerprint density at radius 1 is 1.47 bits per heavy atom. The van der Waals surface area contributed by atoms with Crippen LogP contribution in [0.5, 0.6) is 0 Å². The van der Waals surface area contributed by atoms with Gasteiger partial charge in [0.1, 0.15) is 5.82 Å². The standard InChI is InChI=1S/C13H17ClFNO/c14-12-6-11(15)3-2-10(12)7-13(8-16)4-1-5-17-9-13/h2-3,6H,1,4-5,7-9,16H2. The van der Waals surface area contributed by atoms with Crippen molar-refractivity contribution >= 4 is 11.6 Å². The molecule has 2 nitrogen and oxygen atoms in total. The fourth-order valence-electron chi connectivity index (χ4n) is 2.35. The van der Waals surface area contributed by atoms with Gasteiger partial charge in [0, 0.05) is 23.6 Å². The molecule has 1 fully saturated rings. The molecule has 1 saturated heterocycles. The lowest BCUT2D eigenvalue weighted by atomic mass is 9.77. The van der Waals surface area contributed by atoms with Gasteiger partial charge in [-0.15, -0.1) is 0 Å². The van der Waals surface area contributed by atoms with Crippen LogP contribution in [0.4, 0.5) is 4.39 Å². The first-order chi connectivity index (χ1) is 8.15. The summed E-state index contributed by atoms with van der Waals surface area (Å²) in [6, 6.07) is 4.53. The van der Waals surface area contributed by atoms with Crippen LogP contribution in [0.2, 0.25) is 5.02 Å². The van der Waals surface area contributed by atoms with Gasteiger partial charge in [0.2, 0.25) is 0 Å². The molecule has 0 aliphatic carbocycles. The van der Waals surface area contributed by atoms with Gasteiger partial charge in [-0.2, -0.15) is 0 Å². The minimum absolute atomic E-state index is 0.0419. The van der Waals surface area contributed by atoms with Crippen LogP contribution in [-0.2, 0) is 11.2 Å². The van der Waals surface area contributed by atoms with Crippen molar-refractivity contribution in [3.63, 3.8) is 0 Å². The normalized spacial score (nSPS) is 24.9.